The topological polar surface area (TPSA) is 29.5 Å². The molecule has 0 atom stereocenters. The SMILES string of the molecule is c1ccc(-c2cccc3c2oc2cc(N(c4ccc5ccccc5c4)c4ccc(-c5ccccc5)c5oc6ccccc6c45)ccc23)cc1. The largest absolute Gasteiger partial charge is 0.455 e. The molecular formula is C46H29NO2. The van der Waals surface area contributed by atoms with Gasteiger partial charge in [0.15, 0.2) is 0 Å². The molecule has 0 aliphatic carbocycles. The molecule has 0 amide bonds. The average Bonchev–Trinajstić information content (AvgIpc) is 3.74. The quantitative estimate of drug-likeness (QED) is 0.190. The molecule has 0 unspecified atom stereocenters. The highest BCUT2D eigenvalue weighted by molar-refractivity contribution is 6.18. The molecule has 2 aromatic heterocycles. The molecule has 2 heterocycles. The van der Waals surface area contributed by atoms with Crippen molar-refractivity contribution in [3.63, 3.8) is 0 Å². The molecule has 0 aliphatic heterocycles. The molecular weight excluding hydrogens is 599 g/mol. The van der Waals surface area contributed by atoms with E-state index < -0.39 is 0 Å². The Morgan fingerprint density at radius 2 is 1.00 bits per heavy atom. The van der Waals surface area contributed by atoms with Crippen LogP contribution in [0.15, 0.2) is 185 Å². The van der Waals surface area contributed by atoms with E-state index in [4.69, 9.17) is 8.83 Å². The van der Waals surface area contributed by atoms with Crippen LogP contribution in [-0.2, 0) is 0 Å². The van der Waals surface area contributed by atoms with Crippen molar-refractivity contribution in [1.82, 2.24) is 0 Å². The summed E-state index contributed by atoms with van der Waals surface area (Å²) in [7, 11) is 0. The number of fused-ring (bicyclic) bond motifs is 7. The number of benzene rings is 8. The minimum atomic E-state index is 0.843. The van der Waals surface area contributed by atoms with E-state index in [0.717, 1.165) is 83.2 Å². The lowest BCUT2D eigenvalue weighted by atomic mass is 9.99. The van der Waals surface area contributed by atoms with E-state index in [1.807, 2.05) is 18.2 Å². The number of hydrogen-bond acceptors (Lipinski definition) is 3. The van der Waals surface area contributed by atoms with Gasteiger partial charge in [-0.25, -0.2) is 0 Å². The third-order valence-electron chi connectivity index (χ3n) is 9.65. The maximum atomic E-state index is 6.75. The summed E-state index contributed by atoms with van der Waals surface area (Å²) in [4.78, 5) is 2.34. The molecule has 3 heteroatoms. The molecule has 0 spiro atoms. The van der Waals surface area contributed by atoms with Crippen LogP contribution in [0.2, 0.25) is 0 Å². The number of para-hydroxylation sites is 2. The Bertz CT molecular complexity index is 2830. The average molecular weight is 628 g/mol. The van der Waals surface area contributed by atoms with Gasteiger partial charge in [-0.15, -0.1) is 0 Å². The Kier molecular flexibility index (Phi) is 6.18. The van der Waals surface area contributed by atoms with Gasteiger partial charge in [0.05, 0.1) is 11.1 Å². The zero-order chi connectivity index (χ0) is 32.3. The van der Waals surface area contributed by atoms with Gasteiger partial charge >= 0.3 is 0 Å². The normalized spacial score (nSPS) is 11.7. The summed E-state index contributed by atoms with van der Waals surface area (Å²) in [5.74, 6) is 0. The molecule has 0 N–H and O–H groups in total. The first-order chi connectivity index (χ1) is 24.3. The summed E-state index contributed by atoms with van der Waals surface area (Å²) in [6, 6.07) is 61.9. The summed E-state index contributed by atoms with van der Waals surface area (Å²) in [6.45, 7) is 0. The van der Waals surface area contributed by atoms with Crippen LogP contribution >= 0.6 is 0 Å². The summed E-state index contributed by atoms with van der Waals surface area (Å²) >= 11 is 0. The number of hydrogen-bond donors (Lipinski definition) is 0. The van der Waals surface area contributed by atoms with Crippen molar-refractivity contribution < 1.29 is 8.83 Å². The molecule has 0 radical (unpaired) electrons. The van der Waals surface area contributed by atoms with Gasteiger partial charge in [-0.1, -0.05) is 127 Å². The van der Waals surface area contributed by atoms with Crippen molar-refractivity contribution in [2.45, 2.75) is 0 Å². The van der Waals surface area contributed by atoms with E-state index in [1.165, 1.54) is 10.8 Å². The first kappa shape index (κ1) is 27.5. The highest BCUT2D eigenvalue weighted by Crippen LogP contribution is 2.47. The van der Waals surface area contributed by atoms with Crippen LogP contribution in [0.3, 0.4) is 0 Å². The third kappa shape index (κ3) is 4.44. The predicted octanol–water partition coefficient (Wildman–Crippen LogP) is 13.4. The van der Waals surface area contributed by atoms with E-state index >= 15 is 0 Å². The van der Waals surface area contributed by atoms with E-state index in [2.05, 4.69) is 163 Å². The molecule has 230 valence electrons. The van der Waals surface area contributed by atoms with Gasteiger partial charge in [0.2, 0.25) is 0 Å². The standard InChI is InChI=1S/C46H29NO2/c1-3-13-31(14-4-1)36-19-11-20-39-38-25-24-35(29-43(38)49-45(36)39)47(34-23-22-30-12-7-8-17-33(30)28-34)41-27-26-37(32-15-5-2-6-16-32)46-44(41)40-18-9-10-21-42(40)48-46/h1-29H. The second kappa shape index (κ2) is 11.0. The van der Waals surface area contributed by atoms with Crippen LogP contribution in [0.1, 0.15) is 0 Å². The van der Waals surface area contributed by atoms with Crippen molar-refractivity contribution >= 4 is 71.7 Å². The monoisotopic (exact) mass is 627 g/mol. The first-order valence-electron chi connectivity index (χ1n) is 16.6. The smallest absolute Gasteiger partial charge is 0.145 e. The highest BCUT2D eigenvalue weighted by Gasteiger charge is 2.23. The molecule has 10 rings (SSSR count). The van der Waals surface area contributed by atoms with Crippen molar-refractivity contribution in [2.75, 3.05) is 4.90 Å². The Morgan fingerprint density at radius 1 is 0.367 bits per heavy atom. The van der Waals surface area contributed by atoms with Crippen LogP contribution in [0, 0.1) is 0 Å². The van der Waals surface area contributed by atoms with E-state index in [1.54, 1.807) is 0 Å². The fourth-order valence-electron chi connectivity index (χ4n) is 7.36. The number of nitrogens with zero attached hydrogens (tertiary/aromatic N) is 1. The van der Waals surface area contributed by atoms with Gasteiger partial charge in [-0.2, -0.15) is 0 Å². The molecule has 10 aromatic rings. The molecule has 3 nitrogen and oxygen atoms in total. The Hall–Kier alpha value is -6.58. The maximum Gasteiger partial charge on any atom is 0.145 e. The highest BCUT2D eigenvalue weighted by atomic mass is 16.3. The minimum Gasteiger partial charge on any atom is -0.455 e. The second-order valence-corrected chi connectivity index (χ2v) is 12.5. The number of furan rings is 2. The first-order valence-corrected chi connectivity index (χ1v) is 16.6. The Labute approximate surface area is 282 Å². The lowest BCUT2D eigenvalue weighted by Gasteiger charge is -2.27. The van der Waals surface area contributed by atoms with Crippen LogP contribution in [0.4, 0.5) is 17.1 Å². The predicted molar refractivity (Wildman–Crippen MR) is 204 cm³/mol. The van der Waals surface area contributed by atoms with Crippen molar-refractivity contribution in [1.29, 1.82) is 0 Å². The maximum absolute atomic E-state index is 6.75. The van der Waals surface area contributed by atoms with Gasteiger partial charge in [0.1, 0.15) is 22.3 Å². The summed E-state index contributed by atoms with van der Waals surface area (Å²) < 4.78 is 13.4. The third-order valence-corrected chi connectivity index (χ3v) is 9.65. The van der Waals surface area contributed by atoms with Crippen molar-refractivity contribution in [3.8, 4) is 22.3 Å². The summed E-state index contributed by atoms with van der Waals surface area (Å²) in [6.07, 6.45) is 0. The van der Waals surface area contributed by atoms with E-state index in [0.29, 0.717) is 0 Å². The van der Waals surface area contributed by atoms with E-state index in [9.17, 15) is 0 Å². The minimum absolute atomic E-state index is 0.843. The van der Waals surface area contributed by atoms with Crippen LogP contribution in [0.5, 0.6) is 0 Å². The number of anilines is 3. The van der Waals surface area contributed by atoms with Gasteiger partial charge in [0, 0.05) is 44.7 Å². The fraction of sp³-hybridized carbons (Fsp3) is 0. The molecule has 49 heavy (non-hydrogen) atoms. The van der Waals surface area contributed by atoms with Crippen LogP contribution in [0.25, 0.3) is 76.9 Å². The second-order valence-electron chi connectivity index (χ2n) is 12.5. The molecule has 0 aliphatic rings. The van der Waals surface area contributed by atoms with Crippen molar-refractivity contribution in [2.24, 2.45) is 0 Å². The molecule has 8 aromatic carbocycles. The molecule has 0 bridgehead atoms. The molecule has 0 saturated heterocycles. The zero-order valence-corrected chi connectivity index (χ0v) is 26.5. The summed E-state index contributed by atoms with van der Waals surface area (Å²) in [5.41, 5.74) is 11.0. The molecule has 0 fully saturated rings. The van der Waals surface area contributed by atoms with Gasteiger partial charge < -0.3 is 13.7 Å². The number of rotatable bonds is 5. The van der Waals surface area contributed by atoms with Gasteiger partial charge in [-0.3, -0.25) is 0 Å². The lowest BCUT2D eigenvalue weighted by molar-refractivity contribution is 0.670. The van der Waals surface area contributed by atoms with Gasteiger partial charge in [0.25, 0.3) is 0 Å². The van der Waals surface area contributed by atoms with Crippen LogP contribution in [-0.4, -0.2) is 0 Å². The van der Waals surface area contributed by atoms with E-state index in [-0.39, 0.29) is 0 Å². The molecule has 0 saturated carbocycles. The van der Waals surface area contributed by atoms with Crippen LogP contribution < -0.4 is 4.90 Å². The zero-order valence-electron chi connectivity index (χ0n) is 26.5. The lowest BCUT2D eigenvalue weighted by Crippen LogP contribution is -2.10. The fourth-order valence-corrected chi connectivity index (χ4v) is 7.36. The Morgan fingerprint density at radius 3 is 1.82 bits per heavy atom. The Balaban J connectivity index is 1.25. The summed E-state index contributed by atoms with van der Waals surface area (Å²) in [5, 5.41) is 6.72. The van der Waals surface area contributed by atoms with Crippen molar-refractivity contribution in [3.05, 3.63) is 176 Å². The van der Waals surface area contributed by atoms with Gasteiger partial charge in [-0.05, 0) is 64.4 Å².